The lowest BCUT2D eigenvalue weighted by Gasteiger charge is -2.33. The van der Waals surface area contributed by atoms with Crippen molar-refractivity contribution in [3.63, 3.8) is 0 Å². The maximum atomic E-state index is 13.0. The van der Waals surface area contributed by atoms with Gasteiger partial charge in [-0.2, -0.15) is 0 Å². The molecule has 0 spiro atoms. The molecule has 36 heavy (non-hydrogen) atoms. The molecule has 0 bridgehead atoms. The number of carbonyl (C=O) groups excluding carboxylic acids is 1. The van der Waals surface area contributed by atoms with Crippen molar-refractivity contribution in [1.29, 1.82) is 0 Å². The van der Waals surface area contributed by atoms with Crippen LogP contribution in [-0.4, -0.2) is 85.0 Å². The van der Waals surface area contributed by atoms with Gasteiger partial charge in [-0.25, -0.2) is 9.97 Å². The van der Waals surface area contributed by atoms with Crippen LogP contribution in [0.25, 0.3) is 21.3 Å². The quantitative estimate of drug-likeness (QED) is 0.405. The molecule has 8 nitrogen and oxygen atoms in total. The number of benzene rings is 1. The van der Waals surface area contributed by atoms with Crippen molar-refractivity contribution >= 4 is 33.3 Å². The number of piperidine rings is 1. The summed E-state index contributed by atoms with van der Waals surface area (Å²) in [5.74, 6) is 1.26. The number of carbonyl (C=O) groups is 1. The summed E-state index contributed by atoms with van der Waals surface area (Å²) in [6.07, 6.45) is 6.36. The van der Waals surface area contributed by atoms with E-state index in [9.17, 15) is 9.90 Å². The molecule has 0 saturated carbocycles. The molecule has 1 aromatic carbocycles. The molecule has 0 unspecified atom stereocenters. The predicted octanol–water partition coefficient (Wildman–Crippen LogP) is 3.41. The Morgan fingerprint density at radius 2 is 1.89 bits per heavy atom. The average Bonchev–Trinajstić information content (AvgIpc) is 3.58. The fourth-order valence-corrected chi connectivity index (χ4v) is 6.28. The first-order chi connectivity index (χ1) is 17.7. The van der Waals surface area contributed by atoms with Gasteiger partial charge in [0.1, 0.15) is 21.9 Å². The van der Waals surface area contributed by atoms with Gasteiger partial charge < -0.3 is 25.0 Å². The van der Waals surface area contributed by atoms with Crippen LogP contribution < -0.4 is 10.2 Å². The number of amides is 1. The van der Waals surface area contributed by atoms with E-state index < -0.39 is 0 Å². The average molecular weight is 510 g/mol. The topological polar surface area (TPSA) is 90.8 Å². The summed E-state index contributed by atoms with van der Waals surface area (Å²) in [4.78, 5) is 28.5. The number of hydrogen-bond donors (Lipinski definition) is 2. The Morgan fingerprint density at radius 3 is 2.64 bits per heavy atom. The van der Waals surface area contributed by atoms with Gasteiger partial charge in [-0.15, -0.1) is 11.3 Å². The molecule has 2 saturated heterocycles. The highest BCUT2D eigenvalue weighted by atomic mass is 32.1. The minimum absolute atomic E-state index is 0.0979. The Bertz CT molecular complexity index is 1140. The lowest BCUT2D eigenvalue weighted by molar-refractivity contribution is 0.0753. The number of likely N-dealkylation sites (tertiary alicyclic amines) is 1. The zero-order valence-electron chi connectivity index (χ0n) is 20.7. The number of fused-ring (bicyclic) bond motifs is 1. The highest BCUT2D eigenvalue weighted by Gasteiger charge is 2.27. The summed E-state index contributed by atoms with van der Waals surface area (Å²) in [6.45, 7) is 7.05. The van der Waals surface area contributed by atoms with E-state index in [1.165, 1.54) is 37.3 Å². The largest absolute Gasteiger partial charge is 0.395 e. The fraction of sp³-hybridized carbons (Fsp3) is 0.519. The summed E-state index contributed by atoms with van der Waals surface area (Å²) < 4.78 is 6.04. The number of thiophene rings is 1. The minimum Gasteiger partial charge on any atom is -0.395 e. The second-order valence-corrected chi connectivity index (χ2v) is 10.6. The number of hydrogen-bond acceptors (Lipinski definition) is 8. The molecule has 3 aromatic rings. The van der Waals surface area contributed by atoms with Crippen LogP contribution in [0.2, 0.25) is 0 Å². The Kier molecular flexibility index (Phi) is 8.43. The van der Waals surface area contributed by atoms with Gasteiger partial charge in [0.25, 0.3) is 5.91 Å². The number of aromatic nitrogens is 2. The van der Waals surface area contributed by atoms with Gasteiger partial charge in [-0.1, -0.05) is 30.3 Å². The first-order valence-electron chi connectivity index (χ1n) is 13.0. The Hall–Kier alpha value is -2.59. The maximum Gasteiger partial charge on any atom is 0.262 e. The van der Waals surface area contributed by atoms with E-state index in [0.717, 1.165) is 72.9 Å². The van der Waals surface area contributed by atoms with Crippen molar-refractivity contribution in [2.24, 2.45) is 5.92 Å². The molecule has 0 radical (unpaired) electrons. The predicted molar refractivity (Wildman–Crippen MR) is 144 cm³/mol. The summed E-state index contributed by atoms with van der Waals surface area (Å²) in [7, 11) is 0. The van der Waals surface area contributed by atoms with Crippen LogP contribution in [0.4, 0.5) is 5.82 Å². The van der Waals surface area contributed by atoms with Gasteiger partial charge in [0.15, 0.2) is 0 Å². The fourth-order valence-electron chi connectivity index (χ4n) is 5.21. The molecule has 2 aliphatic rings. The molecule has 2 N–H and O–H groups in total. The van der Waals surface area contributed by atoms with Crippen LogP contribution in [0, 0.1) is 5.92 Å². The summed E-state index contributed by atoms with van der Waals surface area (Å²) >= 11 is 1.38. The van der Waals surface area contributed by atoms with E-state index in [2.05, 4.69) is 20.1 Å². The van der Waals surface area contributed by atoms with Crippen LogP contribution in [0.3, 0.4) is 0 Å². The normalized spacial score (nSPS) is 17.2. The molecule has 4 heterocycles. The van der Waals surface area contributed by atoms with E-state index in [0.29, 0.717) is 10.8 Å². The third kappa shape index (κ3) is 5.70. The van der Waals surface area contributed by atoms with Gasteiger partial charge in [0.2, 0.25) is 0 Å². The molecule has 5 rings (SSSR count). The highest BCUT2D eigenvalue weighted by molar-refractivity contribution is 7.21. The first-order valence-corrected chi connectivity index (χ1v) is 13.8. The van der Waals surface area contributed by atoms with Crippen molar-refractivity contribution in [3.05, 3.63) is 41.5 Å². The van der Waals surface area contributed by atoms with Crippen LogP contribution in [-0.2, 0) is 4.74 Å². The van der Waals surface area contributed by atoms with Crippen LogP contribution in [0.1, 0.15) is 35.4 Å². The molecule has 2 fully saturated rings. The monoisotopic (exact) mass is 509 g/mol. The SMILES string of the molecule is O=C(NCCO)c1sc2ncnc(N3CCC(COCCN4CCCC4)CC3)c2c1-c1ccccc1. The van der Waals surface area contributed by atoms with Crippen LogP contribution >= 0.6 is 11.3 Å². The lowest BCUT2D eigenvalue weighted by Crippen LogP contribution is -2.36. The number of nitrogens with one attached hydrogen (secondary N) is 1. The van der Waals surface area contributed by atoms with Crippen molar-refractivity contribution in [2.45, 2.75) is 25.7 Å². The van der Waals surface area contributed by atoms with Crippen LogP contribution in [0.15, 0.2) is 36.7 Å². The lowest BCUT2D eigenvalue weighted by atomic mass is 9.97. The molecule has 192 valence electrons. The Morgan fingerprint density at radius 1 is 1.11 bits per heavy atom. The molecule has 2 aliphatic heterocycles. The smallest absolute Gasteiger partial charge is 0.262 e. The van der Waals surface area contributed by atoms with E-state index in [1.807, 2.05) is 30.3 Å². The molecule has 9 heteroatoms. The number of aliphatic hydroxyl groups excluding tert-OH is 1. The van der Waals surface area contributed by atoms with Gasteiger partial charge >= 0.3 is 0 Å². The zero-order chi connectivity index (χ0) is 24.7. The van der Waals surface area contributed by atoms with Gasteiger partial charge in [0, 0.05) is 38.3 Å². The molecule has 0 atom stereocenters. The first kappa shape index (κ1) is 25.1. The second-order valence-electron chi connectivity index (χ2n) is 9.58. The summed E-state index contributed by atoms with van der Waals surface area (Å²) in [5.41, 5.74) is 1.84. The number of anilines is 1. The number of rotatable bonds is 10. The molecule has 2 aromatic heterocycles. The maximum absolute atomic E-state index is 13.0. The number of ether oxygens (including phenoxy) is 1. The van der Waals surface area contributed by atoms with E-state index in [1.54, 1.807) is 6.33 Å². The van der Waals surface area contributed by atoms with E-state index >= 15 is 0 Å². The van der Waals surface area contributed by atoms with Crippen molar-refractivity contribution in [1.82, 2.24) is 20.2 Å². The van der Waals surface area contributed by atoms with E-state index in [4.69, 9.17) is 9.72 Å². The Balaban J connectivity index is 1.32. The van der Waals surface area contributed by atoms with Crippen molar-refractivity contribution in [2.75, 3.05) is 64.0 Å². The van der Waals surface area contributed by atoms with Crippen molar-refractivity contribution < 1.29 is 14.6 Å². The molecule has 1 amide bonds. The molecular formula is C27H35N5O3S. The molecular weight excluding hydrogens is 474 g/mol. The van der Waals surface area contributed by atoms with Crippen LogP contribution in [0.5, 0.6) is 0 Å². The minimum atomic E-state index is -0.193. The zero-order valence-corrected chi connectivity index (χ0v) is 21.5. The third-order valence-electron chi connectivity index (χ3n) is 7.15. The van der Waals surface area contributed by atoms with Gasteiger partial charge in [0.05, 0.1) is 18.6 Å². The number of aliphatic hydroxyl groups is 1. The standard InChI is InChI=1S/C27H35N5O3S/c33-16-10-28-26(34)24-22(21-6-2-1-3-7-21)23-25(29-19-30-27(23)36-24)32-13-8-20(9-14-32)18-35-17-15-31-11-4-5-12-31/h1-3,6-7,19-20,33H,4-5,8-18H2,(H,28,34). The number of nitrogens with zero attached hydrogens (tertiary/aromatic N) is 4. The highest BCUT2D eigenvalue weighted by Crippen LogP contribution is 2.42. The van der Waals surface area contributed by atoms with Crippen molar-refractivity contribution in [3.8, 4) is 11.1 Å². The summed E-state index contributed by atoms with van der Waals surface area (Å²) in [5, 5.41) is 12.9. The van der Waals surface area contributed by atoms with Gasteiger partial charge in [-0.05, 0) is 50.3 Å². The molecule has 0 aliphatic carbocycles. The third-order valence-corrected chi connectivity index (χ3v) is 8.25. The second kappa shape index (κ2) is 12.1. The van der Waals surface area contributed by atoms with E-state index in [-0.39, 0.29) is 19.1 Å². The van der Waals surface area contributed by atoms with Gasteiger partial charge in [-0.3, -0.25) is 4.79 Å². The Labute approximate surface area is 216 Å². The summed E-state index contributed by atoms with van der Waals surface area (Å²) in [6, 6.07) is 9.97.